The molecule has 0 fully saturated rings. The zero-order chi connectivity index (χ0) is 15.9. The van der Waals surface area contributed by atoms with Crippen molar-refractivity contribution in [3.63, 3.8) is 0 Å². The molecule has 0 aliphatic carbocycles. The lowest BCUT2D eigenvalue weighted by molar-refractivity contribution is -0.138. The molecule has 1 N–H and O–H groups in total. The summed E-state index contributed by atoms with van der Waals surface area (Å²) < 4.78 is 5.08. The van der Waals surface area contributed by atoms with E-state index in [9.17, 15) is 4.79 Å². The molecule has 2 rings (SSSR count). The Kier molecular flexibility index (Phi) is 5.37. The van der Waals surface area contributed by atoms with E-state index in [2.05, 4.69) is 11.9 Å². The fraction of sp³-hybridized carbons (Fsp3) is 0.211. The first kappa shape index (κ1) is 15.8. The van der Waals surface area contributed by atoms with Gasteiger partial charge >= 0.3 is 5.97 Å². The molecule has 0 unspecified atom stereocenters. The summed E-state index contributed by atoms with van der Waals surface area (Å²) in [6.07, 6.45) is 0. The van der Waals surface area contributed by atoms with Gasteiger partial charge in [0.1, 0.15) is 0 Å². The van der Waals surface area contributed by atoms with E-state index < -0.39 is 0 Å². The van der Waals surface area contributed by atoms with Gasteiger partial charge in [-0.2, -0.15) is 0 Å². The summed E-state index contributed by atoms with van der Waals surface area (Å²) in [4.78, 5) is 12.0. The molecule has 2 aromatic rings. The van der Waals surface area contributed by atoms with Gasteiger partial charge in [-0.3, -0.25) is 0 Å². The van der Waals surface area contributed by atoms with E-state index in [1.165, 1.54) is 5.56 Å². The van der Waals surface area contributed by atoms with Gasteiger partial charge in [0.25, 0.3) is 0 Å². The summed E-state index contributed by atoms with van der Waals surface area (Å²) in [5.41, 5.74) is 3.49. The summed E-state index contributed by atoms with van der Waals surface area (Å²) in [5.74, 6) is -0.379. The average Bonchev–Trinajstić information content (AvgIpc) is 2.55. The lowest BCUT2D eigenvalue weighted by Gasteiger charge is -2.22. The molecule has 0 amide bonds. The Bertz CT molecular complexity index is 632. The van der Waals surface area contributed by atoms with Crippen LogP contribution < -0.4 is 5.32 Å². The van der Waals surface area contributed by atoms with E-state index in [1.54, 1.807) is 6.92 Å². The second-order valence-electron chi connectivity index (χ2n) is 5.10. The maximum Gasteiger partial charge on any atom is 0.335 e. The lowest BCUT2D eigenvalue weighted by atomic mass is 9.99. The fourth-order valence-electron chi connectivity index (χ4n) is 2.18. The first-order valence-electron chi connectivity index (χ1n) is 7.36. The summed E-state index contributed by atoms with van der Waals surface area (Å²) in [6, 6.07) is 17.5. The molecule has 3 nitrogen and oxygen atoms in total. The first-order valence-corrected chi connectivity index (χ1v) is 7.36. The highest BCUT2D eigenvalue weighted by atomic mass is 16.5. The van der Waals surface area contributed by atoms with Crippen molar-refractivity contribution in [3.8, 4) is 0 Å². The minimum Gasteiger partial charge on any atom is -0.463 e. The monoisotopic (exact) mass is 295 g/mol. The largest absolute Gasteiger partial charge is 0.463 e. The van der Waals surface area contributed by atoms with Crippen LogP contribution in [-0.2, 0) is 9.53 Å². The molecule has 0 aromatic heterocycles. The van der Waals surface area contributed by atoms with Crippen LogP contribution >= 0.6 is 0 Å². The predicted octanol–water partition coefficient (Wildman–Crippen LogP) is 4.27. The normalized spacial score (nSPS) is 11.5. The van der Waals surface area contributed by atoms with Crippen molar-refractivity contribution in [2.75, 3.05) is 11.9 Å². The number of hydrogen-bond acceptors (Lipinski definition) is 3. The molecule has 0 saturated carbocycles. The number of benzene rings is 2. The summed E-state index contributed by atoms with van der Waals surface area (Å²) in [7, 11) is 0. The Labute approximate surface area is 131 Å². The third-order valence-corrected chi connectivity index (χ3v) is 3.38. The highest BCUT2D eigenvalue weighted by Gasteiger charge is 2.21. The summed E-state index contributed by atoms with van der Waals surface area (Å²) >= 11 is 0. The minimum atomic E-state index is -0.379. The van der Waals surface area contributed by atoms with E-state index in [4.69, 9.17) is 4.74 Å². The minimum absolute atomic E-state index is 0.317. The summed E-state index contributed by atoms with van der Waals surface area (Å²) in [5, 5.41) is 3.36. The number of rotatable bonds is 6. The van der Waals surface area contributed by atoms with Crippen molar-refractivity contribution in [1.82, 2.24) is 0 Å². The van der Waals surface area contributed by atoms with Gasteiger partial charge in [-0.15, -0.1) is 0 Å². The zero-order valence-corrected chi connectivity index (χ0v) is 13.0. The van der Waals surface area contributed by atoms with Crippen LogP contribution in [0.5, 0.6) is 0 Å². The molecule has 114 valence electrons. The molecule has 0 radical (unpaired) electrons. The highest BCUT2D eigenvalue weighted by molar-refractivity contribution is 5.90. The number of hydrogen-bond donors (Lipinski definition) is 1. The van der Waals surface area contributed by atoms with Crippen molar-refractivity contribution in [1.29, 1.82) is 0 Å². The van der Waals surface area contributed by atoms with Gasteiger partial charge < -0.3 is 10.1 Å². The summed E-state index contributed by atoms with van der Waals surface area (Å²) in [6.45, 7) is 8.09. The number of esters is 1. The number of aryl methyl sites for hydroxylation is 1. The first-order chi connectivity index (χ1) is 10.6. The second kappa shape index (κ2) is 7.46. The van der Waals surface area contributed by atoms with Crippen molar-refractivity contribution in [2.45, 2.75) is 19.9 Å². The van der Waals surface area contributed by atoms with Crippen LogP contribution in [0, 0.1) is 6.92 Å². The standard InChI is InChI=1S/C19H21NO2/c1-4-22-19(21)15(3)18(16-8-6-5-7-9-16)20-17-12-10-14(2)11-13-17/h5-13,18,20H,3-4H2,1-2H3/t18-/m0/s1. The number of nitrogens with one attached hydrogen (secondary N) is 1. The number of carbonyl (C=O) groups excluding carboxylic acids is 1. The van der Waals surface area contributed by atoms with Gasteiger partial charge in [0, 0.05) is 5.69 Å². The third kappa shape index (κ3) is 3.98. The van der Waals surface area contributed by atoms with Crippen molar-refractivity contribution < 1.29 is 9.53 Å². The molecule has 0 saturated heterocycles. The molecular weight excluding hydrogens is 274 g/mol. The van der Waals surface area contributed by atoms with Crippen LogP contribution in [-0.4, -0.2) is 12.6 Å². The average molecular weight is 295 g/mol. The van der Waals surface area contributed by atoms with Crippen LogP contribution in [0.3, 0.4) is 0 Å². The fourth-order valence-corrected chi connectivity index (χ4v) is 2.18. The van der Waals surface area contributed by atoms with Gasteiger partial charge in [0.2, 0.25) is 0 Å². The van der Waals surface area contributed by atoms with E-state index in [-0.39, 0.29) is 12.0 Å². The van der Waals surface area contributed by atoms with E-state index in [0.717, 1.165) is 11.3 Å². The van der Waals surface area contributed by atoms with E-state index >= 15 is 0 Å². The van der Waals surface area contributed by atoms with Crippen molar-refractivity contribution in [2.24, 2.45) is 0 Å². The Morgan fingerprint density at radius 2 is 1.77 bits per heavy atom. The highest BCUT2D eigenvalue weighted by Crippen LogP contribution is 2.26. The molecule has 0 aliphatic rings. The topological polar surface area (TPSA) is 38.3 Å². The molecule has 0 spiro atoms. The van der Waals surface area contributed by atoms with Gasteiger partial charge in [-0.1, -0.05) is 54.6 Å². The lowest BCUT2D eigenvalue weighted by Crippen LogP contribution is -2.20. The quantitative estimate of drug-likeness (QED) is 0.639. The van der Waals surface area contributed by atoms with Gasteiger partial charge in [-0.25, -0.2) is 4.79 Å². The Morgan fingerprint density at radius 1 is 1.14 bits per heavy atom. The molecule has 3 heteroatoms. The SMILES string of the molecule is C=C(C(=O)OCC)[C@H](Nc1ccc(C)cc1)c1ccccc1. The van der Waals surface area contributed by atoms with Crippen LogP contribution in [0.4, 0.5) is 5.69 Å². The molecule has 2 aromatic carbocycles. The van der Waals surface area contributed by atoms with Gasteiger partial charge in [-0.05, 0) is 31.5 Å². The molecule has 0 bridgehead atoms. The smallest absolute Gasteiger partial charge is 0.335 e. The maximum absolute atomic E-state index is 12.0. The molecule has 1 atom stereocenters. The third-order valence-electron chi connectivity index (χ3n) is 3.38. The Hall–Kier alpha value is -2.55. The molecule has 0 heterocycles. The van der Waals surface area contributed by atoms with Crippen LogP contribution in [0.1, 0.15) is 24.1 Å². The second-order valence-corrected chi connectivity index (χ2v) is 5.10. The molecular formula is C19H21NO2. The predicted molar refractivity (Wildman–Crippen MR) is 89.8 cm³/mol. The number of carbonyl (C=O) groups is 1. The van der Waals surface area contributed by atoms with E-state index in [0.29, 0.717) is 12.2 Å². The Balaban J connectivity index is 2.27. The maximum atomic E-state index is 12.0. The zero-order valence-electron chi connectivity index (χ0n) is 13.0. The Morgan fingerprint density at radius 3 is 2.36 bits per heavy atom. The van der Waals surface area contributed by atoms with Gasteiger partial charge in [0.05, 0.1) is 18.2 Å². The van der Waals surface area contributed by atoms with E-state index in [1.807, 2.05) is 61.5 Å². The molecule has 22 heavy (non-hydrogen) atoms. The van der Waals surface area contributed by atoms with Crippen molar-refractivity contribution >= 4 is 11.7 Å². The van der Waals surface area contributed by atoms with Crippen molar-refractivity contribution in [3.05, 3.63) is 77.9 Å². The van der Waals surface area contributed by atoms with Crippen LogP contribution in [0.2, 0.25) is 0 Å². The van der Waals surface area contributed by atoms with Gasteiger partial charge in [0.15, 0.2) is 0 Å². The number of anilines is 1. The number of ether oxygens (including phenoxy) is 1. The van der Waals surface area contributed by atoms with Crippen LogP contribution in [0.15, 0.2) is 66.7 Å². The van der Waals surface area contributed by atoms with Crippen LogP contribution in [0.25, 0.3) is 0 Å². The molecule has 0 aliphatic heterocycles.